The summed E-state index contributed by atoms with van der Waals surface area (Å²) < 4.78 is 8.39. The molecule has 1 saturated heterocycles. The zero-order valence-corrected chi connectivity index (χ0v) is 16.6. The number of aryl methyl sites for hydroxylation is 1. The summed E-state index contributed by atoms with van der Waals surface area (Å²) in [7, 11) is 3.48. The molecule has 148 valence electrons. The normalized spacial score (nSPS) is 20.7. The number of benzene rings is 1. The number of piperidine rings is 1. The van der Waals surface area contributed by atoms with E-state index in [1.807, 2.05) is 46.9 Å². The molecule has 3 heterocycles. The molecule has 1 aromatic carbocycles. The standard InChI is InChI=1S/C21H26N4O3/c1-15-6-4-5-7-16(15)18(26)24-11-8-21(9-12-24)20-22-10-13-25(20)14-17(28-21)19(27)23(2)3/h4-7,10,13,17H,8-9,11-12,14H2,1-3H3/t17-/m1/s1. The highest BCUT2D eigenvalue weighted by atomic mass is 16.5. The summed E-state index contributed by atoms with van der Waals surface area (Å²) in [5.41, 5.74) is 1.10. The van der Waals surface area contributed by atoms with Crippen LogP contribution in [0.3, 0.4) is 0 Å². The molecule has 1 spiro atoms. The summed E-state index contributed by atoms with van der Waals surface area (Å²) in [6, 6.07) is 7.66. The van der Waals surface area contributed by atoms with Gasteiger partial charge in [0.15, 0.2) is 6.10 Å². The Bertz CT molecular complexity index is 897. The van der Waals surface area contributed by atoms with Gasteiger partial charge in [-0.05, 0) is 18.6 Å². The van der Waals surface area contributed by atoms with Crippen molar-refractivity contribution >= 4 is 11.8 Å². The van der Waals surface area contributed by atoms with E-state index in [0.717, 1.165) is 17.0 Å². The van der Waals surface area contributed by atoms with Gasteiger partial charge in [-0.15, -0.1) is 0 Å². The molecule has 1 atom stereocenters. The van der Waals surface area contributed by atoms with Crippen LogP contribution in [0.5, 0.6) is 0 Å². The fourth-order valence-electron chi connectivity index (χ4n) is 4.21. The Morgan fingerprint density at radius 1 is 1.21 bits per heavy atom. The third-order valence-electron chi connectivity index (χ3n) is 5.80. The average molecular weight is 382 g/mol. The molecule has 2 amide bonds. The zero-order valence-electron chi connectivity index (χ0n) is 16.6. The van der Waals surface area contributed by atoms with Gasteiger partial charge in [0.25, 0.3) is 11.8 Å². The van der Waals surface area contributed by atoms with Crippen LogP contribution in [0.1, 0.15) is 34.6 Å². The van der Waals surface area contributed by atoms with Crippen LogP contribution in [-0.4, -0.2) is 64.5 Å². The molecule has 28 heavy (non-hydrogen) atoms. The summed E-state index contributed by atoms with van der Waals surface area (Å²) in [6.07, 6.45) is 4.38. The number of aromatic nitrogens is 2. The van der Waals surface area contributed by atoms with Crippen molar-refractivity contribution in [3.05, 3.63) is 53.6 Å². The first kappa shape index (κ1) is 18.7. The molecule has 1 aromatic heterocycles. The molecule has 0 N–H and O–H groups in total. The van der Waals surface area contributed by atoms with Gasteiger partial charge in [0.2, 0.25) is 0 Å². The van der Waals surface area contributed by atoms with Crippen molar-refractivity contribution in [2.24, 2.45) is 0 Å². The molecule has 4 rings (SSSR count). The third-order valence-corrected chi connectivity index (χ3v) is 5.80. The number of nitrogens with zero attached hydrogens (tertiary/aromatic N) is 4. The van der Waals surface area contributed by atoms with Crippen molar-refractivity contribution in [2.75, 3.05) is 27.2 Å². The number of carbonyl (C=O) groups excluding carboxylic acids is 2. The number of hydrogen-bond acceptors (Lipinski definition) is 4. The molecule has 7 nitrogen and oxygen atoms in total. The Hall–Kier alpha value is -2.67. The van der Waals surface area contributed by atoms with Gasteiger partial charge >= 0.3 is 0 Å². The maximum atomic E-state index is 13.0. The second-order valence-electron chi connectivity index (χ2n) is 7.84. The predicted molar refractivity (Wildman–Crippen MR) is 104 cm³/mol. The number of ether oxygens (including phenoxy) is 1. The first-order chi connectivity index (χ1) is 13.4. The highest BCUT2D eigenvalue weighted by Crippen LogP contribution is 2.40. The molecule has 0 saturated carbocycles. The maximum Gasteiger partial charge on any atom is 0.254 e. The van der Waals surface area contributed by atoms with Gasteiger partial charge in [-0.25, -0.2) is 4.98 Å². The van der Waals surface area contributed by atoms with Gasteiger partial charge in [-0.2, -0.15) is 0 Å². The second-order valence-corrected chi connectivity index (χ2v) is 7.84. The number of fused-ring (bicyclic) bond motifs is 2. The number of imidazole rings is 1. The lowest BCUT2D eigenvalue weighted by atomic mass is 9.88. The van der Waals surface area contributed by atoms with Crippen LogP contribution in [0, 0.1) is 6.92 Å². The first-order valence-electron chi connectivity index (χ1n) is 9.67. The summed E-state index contributed by atoms with van der Waals surface area (Å²) in [5, 5.41) is 0. The van der Waals surface area contributed by atoms with Crippen molar-refractivity contribution in [2.45, 2.75) is 38.0 Å². The van der Waals surface area contributed by atoms with Gasteiger partial charge in [0, 0.05) is 58.0 Å². The Kier molecular flexibility index (Phi) is 4.71. The van der Waals surface area contributed by atoms with Crippen LogP contribution < -0.4 is 0 Å². The van der Waals surface area contributed by atoms with E-state index in [-0.39, 0.29) is 11.8 Å². The molecule has 0 unspecified atom stereocenters. The van der Waals surface area contributed by atoms with Crippen molar-refractivity contribution in [3.63, 3.8) is 0 Å². The molecule has 1 fully saturated rings. The second kappa shape index (κ2) is 7.05. The number of hydrogen-bond donors (Lipinski definition) is 0. The lowest BCUT2D eigenvalue weighted by Crippen LogP contribution is -2.54. The van der Waals surface area contributed by atoms with Gasteiger partial charge in [-0.3, -0.25) is 9.59 Å². The monoisotopic (exact) mass is 382 g/mol. The smallest absolute Gasteiger partial charge is 0.254 e. The van der Waals surface area contributed by atoms with Crippen LogP contribution in [0.15, 0.2) is 36.7 Å². The van der Waals surface area contributed by atoms with Crippen LogP contribution >= 0.6 is 0 Å². The SMILES string of the molecule is Cc1ccccc1C(=O)N1CCC2(CC1)O[C@@H](C(=O)N(C)C)Cn1ccnc12. The Morgan fingerprint density at radius 2 is 1.93 bits per heavy atom. The van der Waals surface area contributed by atoms with E-state index in [1.54, 1.807) is 25.2 Å². The molecule has 2 aliphatic heterocycles. The van der Waals surface area contributed by atoms with Crippen LogP contribution in [0.2, 0.25) is 0 Å². The van der Waals surface area contributed by atoms with Crippen molar-refractivity contribution in [1.29, 1.82) is 0 Å². The molecule has 2 aromatic rings. The lowest BCUT2D eigenvalue weighted by molar-refractivity contribution is -0.178. The highest BCUT2D eigenvalue weighted by Gasteiger charge is 2.48. The number of likely N-dealkylation sites (tertiary alicyclic amines) is 1. The Morgan fingerprint density at radius 3 is 2.61 bits per heavy atom. The van der Waals surface area contributed by atoms with E-state index >= 15 is 0 Å². The van der Waals surface area contributed by atoms with E-state index in [1.165, 1.54) is 0 Å². The average Bonchev–Trinajstić information content (AvgIpc) is 3.17. The quantitative estimate of drug-likeness (QED) is 0.795. The largest absolute Gasteiger partial charge is 0.352 e. The number of amides is 2. The molecule has 0 aliphatic carbocycles. The van der Waals surface area contributed by atoms with E-state index < -0.39 is 11.7 Å². The molecular weight excluding hydrogens is 356 g/mol. The maximum absolute atomic E-state index is 13.0. The Balaban J connectivity index is 1.55. The van der Waals surface area contributed by atoms with Crippen LogP contribution in [0.4, 0.5) is 0 Å². The molecule has 0 radical (unpaired) electrons. The minimum absolute atomic E-state index is 0.0443. The number of carbonyl (C=O) groups is 2. The van der Waals surface area contributed by atoms with Gasteiger partial charge in [-0.1, -0.05) is 18.2 Å². The first-order valence-corrected chi connectivity index (χ1v) is 9.67. The Labute approximate surface area is 164 Å². The summed E-state index contributed by atoms with van der Waals surface area (Å²) >= 11 is 0. The molecular formula is C21H26N4O3. The number of rotatable bonds is 2. The lowest BCUT2D eigenvalue weighted by Gasteiger charge is -2.45. The third kappa shape index (κ3) is 3.09. The topological polar surface area (TPSA) is 67.7 Å². The van der Waals surface area contributed by atoms with Crippen molar-refractivity contribution < 1.29 is 14.3 Å². The predicted octanol–water partition coefficient (Wildman–Crippen LogP) is 1.81. The van der Waals surface area contributed by atoms with Crippen molar-refractivity contribution in [3.8, 4) is 0 Å². The summed E-state index contributed by atoms with van der Waals surface area (Å²) in [6.45, 7) is 3.57. The van der Waals surface area contributed by atoms with E-state index in [4.69, 9.17) is 4.74 Å². The fourth-order valence-corrected chi connectivity index (χ4v) is 4.21. The highest BCUT2D eigenvalue weighted by molar-refractivity contribution is 5.95. The number of likely N-dealkylation sites (N-methyl/N-ethyl adjacent to an activating group) is 1. The molecule has 2 aliphatic rings. The molecule has 7 heteroatoms. The van der Waals surface area contributed by atoms with Gasteiger partial charge in [0.1, 0.15) is 11.4 Å². The van der Waals surface area contributed by atoms with Gasteiger partial charge < -0.3 is 19.1 Å². The van der Waals surface area contributed by atoms with Crippen LogP contribution in [0.25, 0.3) is 0 Å². The minimum atomic E-state index is -0.624. The minimum Gasteiger partial charge on any atom is -0.352 e. The van der Waals surface area contributed by atoms with E-state index in [2.05, 4.69) is 4.98 Å². The zero-order chi connectivity index (χ0) is 19.9. The molecule has 0 bridgehead atoms. The van der Waals surface area contributed by atoms with Gasteiger partial charge in [0.05, 0.1) is 6.54 Å². The van der Waals surface area contributed by atoms with Crippen molar-refractivity contribution in [1.82, 2.24) is 19.4 Å². The van der Waals surface area contributed by atoms with E-state index in [9.17, 15) is 9.59 Å². The van der Waals surface area contributed by atoms with E-state index in [0.29, 0.717) is 32.5 Å². The van der Waals surface area contributed by atoms with Crippen LogP contribution in [-0.2, 0) is 21.7 Å². The summed E-state index contributed by atoms with van der Waals surface area (Å²) in [4.78, 5) is 33.5. The fraction of sp³-hybridized carbons (Fsp3) is 0.476. The summed E-state index contributed by atoms with van der Waals surface area (Å²) in [5.74, 6) is 0.864.